The maximum atomic E-state index is 12.3. The molecule has 1 aliphatic heterocycles. The molecule has 1 amide bonds. The summed E-state index contributed by atoms with van der Waals surface area (Å²) in [6, 6.07) is 0.276. The van der Waals surface area contributed by atoms with Crippen molar-refractivity contribution >= 4 is 5.91 Å². The molecule has 0 bridgehead atoms. The summed E-state index contributed by atoms with van der Waals surface area (Å²) in [6.07, 6.45) is 12.0. The van der Waals surface area contributed by atoms with Gasteiger partial charge in [-0.1, -0.05) is 19.3 Å². The van der Waals surface area contributed by atoms with Crippen LogP contribution in [0.25, 0.3) is 0 Å². The van der Waals surface area contributed by atoms with Gasteiger partial charge in [0.2, 0.25) is 0 Å². The Morgan fingerprint density at radius 1 is 1.45 bits per heavy atom. The summed E-state index contributed by atoms with van der Waals surface area (Å²) in [5.74, 6) is 0.455. The molecule has 2 fully saturated rings. The average Bonchev–Trinajstić information content (AvgIpc) is 2.86. The molecule has 3 rings (SSSR count). The van der Waals surface area contributed by atoms with E-state index in [4.69, 9.17) is 0 Å². The van der Waals surface area contributed by atoms with Gasteiger partial charge >= 0.3 is 0 Å². The summed E-state index contributed by atoms with van der Waals surface area (Å²) in [4.78, 5) is 16.4. The molecule has 2 N–H and O–H groups in total. The van der Waals surface area contributed by atoms with E-state index in [1.807, 2.05) is 7.05 Å². The molecule has 1 aromatic heterocycles. The Morgan fingerprint density at radius 3 is 2.95 bits per heavy atom. The molecule has 1 saturated carbocycles. The molecule has 0 radical (unpaired) electrons. The maximum absolute atomic E-state index is 12.3. The van der Waals surface area contributed by atoms with E-state index in [9.17, 15) is 4.79 Å². The number of nitrogens with one attached hydrogen (secondary N) is 2. The number of amides is 1. The van der Waals surface area contributed by atoms with Gasteiger partial charge in [-0.3, -0.25) is 4.79 Å². The molecule has 1 atom stereocenters. The van der Waals surface area contributed by atoms with E-state index in [0.717, 1.165) is 19.4 Å². The van der Waals surface area contributed by atoms with E-state index in [-0.39, 0.29) is 17.5 Å². The number of piperidine rings is 1. The second-order valence-electron chi connectivity index (χ2n) is 6.29. The summed E-state index contributed by atoms with van der Waals surface area (Å²) in [5, 5.41) is 6.88. The van der Waals surface area contributed by atoms with Crippen molar-refractivity contribution in [3.63, 3.8) is 0 Å². The lowest BCUT2D eigenvalue weighted by atomic mass is 9.75. The highest BCUT2D eigenvalue weighted by Crippen LogP contribution is 2.34. The van der Waals surface area contributed by atoms with Crippen molar-refractivity contribution < 1.29 is 4.79 Å². The van der Waals surface area contributed by atoms with Crippen molar-refractivity contribution in [1.82, 2.24) is 20.2 Å². The molecule has 110 valence electrons. The SMILES string of the molecule is Cn1ccnc1C(=O)NC1CCNC2(CCCCC2)C1. The molecule has 2 aliphatic rings. The zero-order valence-electron chi connectivity index (χ0n) is 12.2. The summed E-state index contributed by atoms with van der Waals surface area (Å²) >= 11 is 0. The minimum Gasteiger partial charge on any atom is -0.347 e. The molecule has 2 heterocycles. The van der Waals surface area contributed by atoms with Gasteiger partial charge in [0.05, 0.1) is 0 Å². The van der Waals surface area contributed by atoms with Crippen molar-refractivity contribution in [2.75, 3.05) is 6.54 Å². The first-order valence-corrected chi connectivity index (χ1v) is 7.72. The highest BCUT2D eigenvalue weighted by Gasteiger charge is 2.37. The Hall–Kier alpha value is -1.36. The van der Waals surface area contributed by atoms with Crippen LogP contribution in [0.3, 0.4) is 0 Å². The van der Waals surface area contributed by atoms with Gasteiger partial charge in [-0.15, -0.1) is 0 Å². The van der Waals surface area contributed by atoms with Gasteiger partial charge in [0.15, 0.2) is 5.82 Å². The Labute approximate surface area is 120 Å². The second-order valence-corrected chi connectivity index (χ2v) is 6.29. The minimum atomic E-state index is -0.0460. The Morgan fingerprint density at radius 2 is 2.25 bits per heavy atom. The van der Waals surface area contributed by atoms with Crippen molar-refractivity contribution in [2.45, 2.75) is 56.5 Å². The van der Waals surface area contributed by atoms with Gasteiger partial charge in [0.1, 0.15) is 0 Å². The van der Waals surface area contributed by atoms with Crippen LogP contribution < -0.4 is 10.6 Å². The summed E-state index contributed by atoms with van der Waals surface area (Å²) in [7, 11) is 1.85. The first-order valence-electron chi connectivity index (χ1n) is 7.72. The number of carbonyl (C=O) groups excluding carboxylic acids is 1. The predicted octanol–water partition coefficient (Wildman–Crippen LogP) is 1.60. The van der Waals surface area contributed by atoms with Crippen LogP contribution in [0, 0.1) is 0 Å². The molecular formula is C15H24N4O. The molecular weight excluding hydrogens is 252 g/mol. The van der Waals surface area contributed by atoms with Crippen molar-refractivity contribution in [3.05, 3.63) is 18.2 Å². The van der Waals surface area contributed by atoms with E-state index >= 15 is 0 Å². The van der Waals surface area contributed by atoms with Crippen LogP contribution >= 0.6 is 0 Å². The Balaban J connectivity index is 1.63. The van der Waals surface area contributed by atoms with E-state index in [1.54, 1.807) is 17.0 Å². The lowest BCUT2D eigenvalue weighted by molar-refractivity contribution is 0.0879. The Bertz CT molecular complexity index is 470. The van der Waals surface area contributed by atoms with Gasteiger partial charge < -0.3 is 15.2 Å². The highest BCUT2D eigenvalue weighted by molar-refractivity contribution is 5.90. The highest BCUT2D eigenvalue weighted by atomic mass is 16.2. The molecule has 20 heavy (non-hydrogen) atoms. The van der Waals surface area contributed by atoms with E-state index < -0.39 is 0 Å². The van der Waals surface area contributed by atoms with Crippen molar-refractivity contribution in [1.29, 1.82) is 0 Å². The smallest absolute Gasteiger partial charge is 0.287 e. The van der Waals surface area contributed by atoms with Crippen molar-refractivity contribution in [3.8, 4) is 0 Å². The molecule has 1 spiro atoms. The fourth-order valence-electron chi connectivity index (χ4n) is 3.72. The quantitative estimate of drug-likeness (QED) is 0.862. The number of hydrogen-bond acceptors (Lipinski definition) is 3. The van der Waals surface area contributed by atoms with Gasteiger partial charge in [0, 0.05) is 31.0 Å². The number of rotatable bonds is 2. The van der Waals surface area contributed by atoms with E-state index in [0.29, 0.717) is 5.82 Å². The lowest BCUT2D eigenvalue weighted by Crippen LogP contribution is -2.57. The van der Waals surface area contributed by atoms with Gasteiger partial charge in [-0.25, -0.2) is 4.98 Å². The van der Waals surface area contributed by atoms with E-state index in [2.05, 4.69) is 15.6 Å². The fourth-order valence-corrected chi connectivity index (χ4v) is 3.72. The van der Waals surface area contributed by atoms with Gasteiger partial charge in [-0.2, -0.15) is 0 Å². The van der Waals surface area contributed by atoms with Crippen LogP contribution in [-0.2, 0) is 7.05 Å². The second kappa shape index (κ2) is 5.56. The van der Waals surface area contributed by atoms with E-state index in [1.165, 1.54) is 32.1 Å². The summed E-state index contributed by atoms with van der Waals surface area (Å²) in [6.45, 7) is 1.01. The largest absolute Gasteiger partial charge is 0.347 e. The average molecular weight is 276 g/mol. The number of imidazole rings is 1. The Kier molecular flexibility index (Phi) is 3.78. The van der Waals surface area contributed by atoms with Crippen LogP contribution in [0.2, 0.25) is 0 Å². The van der Waals surface area contributed by atoms with Crippen LogP contribution in [0.1, 0.15) is 55.6 Å². The monoisotopic (exact) mass is 276 g/mol. The molecule has 5 heteroatoms. The van der Waals surface area contributed by atoms with Crippen LogP contribution in [0.15, 0.2) is 12.4 Å². The first-order chi connectivity index (χ1) is 9.69. The molecule has 1 unspecified atom stereocenters. The fraction of sp³-hybridized carbons (Fsp3) is 0.733. The topological polar surface area (TPSA) is 59.0 Å². The van der Waals surface area contributed by atoms with Gasteiger partial charge in [-0.05, 0) is 32.2 Å². The first kappa shape index (κ1) is 13.6. The number of aryl methyl sites for hydroxylation is 1. The third-order valence-corrected chi connectivity index (χ3v) is 4.80. The van der Waals surface area contributed by atoms with Crippen LogP contribution in [0.4, 0.5) is 0 Å². The molecule has 0 aromatic carbocycles. The third kappa shape index (κ3) is 2.73. The number of nitrogens with zero attached hydrogens (tertiary/aromatic N) is 2. The third-order valence-electron chi connectivity index (χ3n) is 4.80. The van der Waals surface area contributed by atoms with Crippen LogP contribution in [0.5, 0.6) is 0 Å². The van der Waals surface area contributed by atoms with Crippen molar-refractivity contribution in [2.24, 2.45) is 7.05 Å². The summed E-state index contributed by atoms with van der Waals surface area (Å²) < 4.78 is 1.77. The standard InChI is InChI=1S/C15H24N4O/c1-19-10-9-16-13(19)14(20)18-12-5-8-17-15(11-12)6-3-2-4-7-15/h9-10,12,17H,2-8,11H2,1H3,(H,18,20). The van der Waals surface area contributed by atoms with Crippen LogP contribution in [-0.4, -0.2) is 33.6 Å². The predicted molar refractivity (Wildman–Crippen MR) is 77.5 cm³/mol. The molecule has 5 nitrogen and oxygen atoms in total. The normalized spacial score (nSPS) is 25.6. The summed E-state index contributed by atoms with van der Waals surface area (Å²) in [5.41, 5.74) is 0.274. The molecule has 1 saturated heterocycles. The minimum absolute atomic E-state index is 0.0460. The molecule has 1 aromatic rings. The number of hydrogen-bond donors (Lipinski definition) is 2. The number of aromatic nitrogens is 2. The zero-order chi connectivity index (χ0) is 14.0. The maximum Gasteiger partial charge on any atom is 0.287 e. The lowest BCUT2D eigenvalue weighted by Gasteiger charge is -2.44. The zero-order valence-corrected chi connectivity index (χ0v) is 12.2. The number of carbonyl (C=O) groups is 1. The molecule has 1 aliphatic carbocycles. The van der Waals surface area contributed by atoms with Gasteiger partial charge in [0.25, 0.3) is 5.91 Å².